The Morgan fingerprint density at radius 2 is 1.42 bits per heavy atom. The number of aliphatic hydroxyl groups is 3. The number of hydrogen-bond acceptors (Lipinski definition) is 9. The van der Waals surface area contributed by atoms with Gasteiger partial charge in [-0.15, -0.1) is 0 Å². The second-order valence-electron chi connectivity index (χ2n) is 8.21. The summed E-state index contributed by atoms with van der Waals surface area (Å²) >= 11 is 0. The van der Waals surface area contributed by atoms with Gasteiger partial charge in [0.15, 0.2) is 12.6 Å². The summed E-state index contributed by atoms with van der Waals surface area (Å²) in [5.41, 5.74) is 0. The minimum atomic E-state index is -1.31. The Morgan fingerprint density at radius 1 is 0.848 bits per heavy atom. The summed E-state index contributed by atoms with van der Waals surface area (Å²) in [6.45, 7) is 2.68. The van der Waals surface area contributed by atoms with Crippen molar-refractivity contribution in [1.29, 1.82) is 0 Å². The number of ether oxygens (including phenoxy) is 4. The molecule has 11 heteroatoms. The van der Waals surface area contributed by atoms with Crippen molar-refractivity contribution >= 4 is 11.8 Å². The van der Waals surface area contributed by atoms with Gasteiger partial charge in [-0.05, 0) is 39.0 Å². The van der Waals surface area contributed by atoms with E-state index in [2.05, 4.69) is 10.6 Å². The van der Waals surface area contributed by atoms with Gasteiger partial charge in [-0.2, -0.15) is 0 Å². The van der Waals surface area contributed by atoms with E-state index in [4.69, 9.17) is 18.9 Å². The highest BCUT2D eigenvalue weighted by atomic mass is 16.7. The highest BCUT2D eigenvalue weighted by molar-refractivity contribution is 5.77. The molecule has 194 valence electrons. The molecule has 0 radical (unpaired) electrons. The quantitative estimate of drug-likeness (QED) is 0.141. The second kappa shape index (κ2) is 17.1. The molecule has 0 spiro atoms. The van der Waals surface area contributed by atoms with Crippen LogP contribution >= 0.6 is 0 Å². The van der Waals surface area contributed by atoms with Crippen molar-refractivity contribution in [2.24, 2.45) is 0 Å². The molecule has 0 saturated carbocycles. The van der Waals surface area contributed by atoms with E-state index >= 15 is 0 Å². The Balaban J connectivity index is 1.97. The van der Waals surface area contributed by atoms with Crippen LogP contribution < -0.4 is 10.6 Å². The van der Waals surface area contributed by atoms with Crippen molar-refractivity contribution in [3.8, 4) is 0 Å². The predicted octanol–water partition coefficient (Wildman–Crippen LogP) is -0.197. The summed E-state index contributed by atoms with van der Waals surface area (Å²) in [6.07, 6.45) is -0.394. The molecule has 33 heavy (non-hydrogen) atoms. The van der Waals surface area contributed by atoms with Crippen molar-refractivity contribution < 1.29 is 43.9 Å². The molecule has 0 aliphatic carbocycles. The summed E-state index contributed by atoms with van der Waals surface area (Å²) in [4.78, 5) is 23.6. The summed E-state index contributed by atoms with van der Waals surface area (Å²) in [7, 11) is 3.17. The molecule has 1 heterocycles. The number of unbranched alkanes of at least 4 members (excludes halogenated alkanes) is 3. The number of aliphatic hydroxyl groups excluding tert-OH is 3. The first-order valence-corrected chi connectivity index (χ1v) is 11.7. The monoisotopic (exact) mass is 478 g/mol. The van der Waals surface area contributed by atoms with Crippen molar-refractivity contribution in [1.82, 2.24) is 10.6 Å². The SMILES string of the molecule is COC(CCCCC(=O)NCCNC(=O)CCCCCO[C@@H]1O[C@@H](C)[C@H](O)[C@@H](O)[C@H]1O)OC. The first-order chi connectivity index (χ1) is 15.8. The minimum Gasteiger partial charge on any atom is -0.388 e. The fourth-order valence-electron chi connectivity index (χ4n) is 3.42. The molecule has 1 fully saturated rings. The van der Waals surface area contributed by atoms with E-state index in [0.29, 0.717) is 45.4 Å². The first-order valence-electron chi connectivity index (χ1n) is 11.7. The van der Waals surface area contributed by atoms with E-state index in [0.717, 1.165) is 25.7 Å². The molecule has 11 nitrogen and oxygen atoms in total. The van der Waals surface area contributed by atoms with Crippen LogP contribution in [0, 0.1) is 0 Å². The van der Waals surface area contributed by atoms with Crippen LogP contribution in [-0.4, -0.2) is 98.0 Å². The van der Waals surface area contributed by atoms with Gasteiger partial charge in [-0.3, -0.25) is 9.59 Å². The van der Waals surface area contributed by atoms with E-state index in [1.54, 1.807) is 21.1 Å². The lowest BCUT2D eigenvalue weighted by Gasteiger charge is -2.38. The van der Waals surface area contributed by atoms with E-state index < -0.39 is 30.7 Å². The van der Waals surface area contributed by atoms with Gasteiger partial charge in [0.2, 0.25) is 11.8 Å². The van der Waals surface area contributed by atoms with Gasteiger partial charge in [-0.1, -0.05) is 6.42 Å². The third kappa shape index (κ3) is 12.1. The average molecular weight is 479 g/mol. The maximum atomic E-state index is 11.9. The summed E-state index contributed by atoms with van der Waals surface area (Å²) in [5, 5.41) is 34.8. The highest BCUT2D eigenvalue weighted by Gasteiger charge is 2.42. The van der Waals surface area contributed by atoms with Crippen LogP contribution in [0.1, 0.15) is 58.3 Å². The van der Waals surface area contributed by atoms with Gasteiger partial charge in [0.25, 0.3) is 0 Å². The van der Waals surface area contributed by atoms with Gasteiger partial charge in [0.1, 0.15) is 18.3 Å². The number of rotatable bonds is 17. The molecule has 0 unspecified atom stereocenters. The molecule has 1 aliphatic rings. The van der Waals surface area contributed by atoms with Gasteiger partial charge >= 0.3 is 0 Å². The molecule has 0 aromatic heterocycles. The molecule has 5 atom stereocenters. The summed E-state index contributed by atoms with van der Waals surface area (Å²) in [6, 6.07) is 0. The second-order valence-corrected chi connectivity index (χ2v) is 8.21. The van der Waals surface area contributed by atoms with Crippen LogP contribution in [-0.2, 0) is 28.5 Å². The lowest BCUT2D eigenvalue weighted by molar-refractivity contribution is -0.293. The van der Waals surface area contributed by atoms with Gasteiger partial charge < -0.3 is 44.9 Å². The van der Waals surface area contributed by atoms with E-state index in [9.17, 15) is 24.9 Å². The number of amides is 2. The van der Waals surface area contributed by atoms with Crippen molar-refractivity contribution in [3.05, 3.63) is 0 Å². The summed E-state index contributed by atoms with van der Waals surface area (Å²) < 4.78 is 21.0. The number of nitrogens with one attached hydrogen (secondary N) is 2. The van der Waals surface area contributed by atoms with Crippen molar-refractivity contribution in [3.63, 3.8) is 0 Å². The third-order valence-electron chi connectivity index (χ3n) is 5.53. The fourth-order valence-corrected chi connectivity index (χ4v) is 3.42. The fraction of sp³-hybridized carbons (Fsp3) is 0.909. The number of carbonyl (C=O) groups is 2. The lowest BCUT2D eigenvalue weighted by Crippen LogP contribution is -2.57. The molecule has 0 bridgehead atoms. The van der Waals surface area contributed by atoms with Crippen LogP contribution in [0.15, 0.2) is 0 Å². The zero-order valence-electron chi connectivity index (χ0n) is 20.0. The van der Waals surface area contributed by atoms with E-state index in [1.165, 1.54) is 0 Å². The summed E-state index contributed by atoms with van der Waals surface area (Å²) in [5.74, 6) is -0.119. The number of carbonyl (C=O) groups excluding carboxylic acids is 2. The maximum absolute atomic E-state index is 11.9. The lowest BCUT2D eigenvalue weighted by atomic mass is 10.0. The molecular weight excluding hydrogens is 436 g/mol. The predicted molar refractivity (Wildman–Crippen MR) is 119 cm³/mol. The van der Waals surface area contributed by atoms with Gasteiger partial charge in [-0.25, -0.2) is 0 Å². The minimum absolute atomic E-state index is 0.0425. The van der Waals surface area contributed by atoms with Crippen LogP contribution in [0.25, 0.3) is 0 Å². The topological polar surface area (TPSA) is 156 Å². The zero-order chi connectivity index (χ0) is 24.6. The van der Waals surface area contributed by atoms with Crippen LogP contribution in [0.4, 0.5) is 0 Å². The Morgan fingerprint density at radius 3 is 2.00 bits per heavy atom. The van der Waals surface area contributed by atoms with Crippen LogP contribution in [0.2, 0.25) is 0 Å². The maximum Gasteiger partial charge on any atom is 0.220 e. The van der Waals surface area contributed by atoms with Gasteiger partial charge in [0.05, 0.1) is 6.10 Å². The Bertz CT molecular complexity index is 548. The smallest absolute Gasteiger partial charge is 0.220 e. The highest BCUT2D eigenvalue weighted by Crippen LogP contribution is 2.22. The molecule has 2 amide bonds. The van der Waals surface area contributed by atoms with Crippen LogP contribution in [0.3, 0.4) is 0 Å². The van der Waals surface area contributed by atoms with Crippen molar-refractivity contribution in [2.75, 3.05) is 33.9 Å². The Kier molecular flexibility index (Phi) is 15.4. The first kappa shape index (κ1) is 29.7. The van der Waals surface area contributed by atoms with Crippen LogP contribution in [0.5, 0.6) is 0 Å². The molecular formula is C22H42N2O9. The Labute approximate surface area is 196 Å². The average Bonchev–Trinajstić information content (AvgIpc) is 2.80. The molecule has 1 saturated heterocycles. The van der Waals surface area contributed by atoms with E-state index in [-0.39, 0.29) is 18.1 Å². The standard InChI is InChI=1S/C22H42N2O9/c1-15-19(27)20(28)21(29)22(33-15)32-14-8-4-5-9-16(25)23-12-13-24-17(26)10-6-7-11-18(30-2)31-3/h15,18-22,27-29H,4-14H2,1-3H3,(H,23,25)(H,24,26)/t15-,19-,20+,21+,22+/m0/s1. The molecule has 0 aromatic rings. The van der Waals surface area contributed by atoms with Gasteiger partial charge in [0, 0.05) is 46.8 Å². The Hall–Kier alpha value is -1.34. The zero-order valence-corrected chi connectivity index (χ0v) is 20.0. The number of methoxy groups -OCH3 is 2. The van der Waals surface area contributed by atoms with Crippen molar-refractivity contribution in [2.45, 2.75) is 95.3 Å². The number of hydrogen-bond donors (Lipinski definition) is 5. The molecule has 1 rings (SSSR count). The molecule has 1 aliphatic heterocycles. The third-order valence-corrected chi connectivity index (χ3v) is 5.53. The normalized spacial score (nSPS) is 25.2. The molecule has 5 N–H and O–H groups in total. The van der Waals surface area contributed by atoms with E-state index in [1.807, 2.05) is 0 Å². The molecule has 0 aromatic carbocycles. The largest absolute Gasteiger partial charge is 0.388 e.